The third-order valence-corrected chi connectivity index (χ3v) is 6.25. The van der Waals surface area contributed by atoms with Gasteiger partial charge in [0.1, 0.15) is 0 Å². The molecule has 1 aromatic rings. The lowest BCUT2D eigenvalue weighted by molar-refractivity contribution is -0.137. The minimum absolute atomic E-state index is 0.0282. The van der Waals surface area contributed by atoms with Gasteiger partial charge in [-0.25, -0.2) is 4.79 Å². The highest BCUT2D eigenvalue weighted by molar-refractivity contribution is 6.00. The van der Waals surface area contributed by atoms with E-state index in [1.807, 2.05) is 37.0 Å². The van der Waals surface area contributed by atoms with Crippen molar-refractivity contribution in [3.8, 4) is 0 Å². The molecular weight excluding hydrogens is 428 g/mol. The van der Waals surface area contributed by atoms with Crippen LogP contribution in [0.5, 0.6) is 0 Å². The Morgan fingerprint density at radius 3 is 2.74 bits per heavy atom. The molecule has 1 aromatic carbocycles. The van der Waals surface area contributed by atoms with Crippen molar-refractivity contribution >= 4 is 17.6 Å². The summed E-state index contributed by atoms with van der Waals surface area (Å²) in [6.07, 6.45) is 14.6. The molecule has 184 valence electrons. The average Bonchev–Trinajstić information content (AvgIpc) is 2.81. The number of rotatable bonds is 3. The molecular formula is C28H38N2O4. The number of allylic oxidation sites excluding steroid dienone is 4. The molecule has 1 unspecified atom stereocenters. The van der Waals surface area contributed by atoms with Crippen molar-refractivity contribution in [3.05, 3.63) is 58.7 Å². The van der Waals surface area contributed by atoms with Crippen molar-refractivity contribution in [2.45, 2.75) is 65.7 Å². The summed E-state index contributed by atoms with van der Waals surface area (Å²) in [6.45, 7) is 8.03. The van der Waals surface area contributed by atoms with E-state index in [1.54, 1.807) is 0 Å². The van der Waals surface area contributed by atoms with E-state index in [-0.39, 0.29) is 18.5 Å². The fourth-order valence-corrected chi connectivity index (χ4v) is 4.47. The lowest BCUT2D eigenvalue weighted by Crippen LogP contribution is -2.37. The number of cyclic esters (lactones) is 1. The number of hydrogen-bond acceptors (Lipinski definition) is 5. The van der Waals surface area contributed by atoms with Gasteiger partial charge >= 0.3 is 5.97 Å². The molecule has 1 fully saturated rings. The standard InChI is InChI=1S/C28H38N2O4/c1-21-11-6-4-9-16-33-28(32)27-23(3)17-22(2)18-24(27)19-25(13-10-12-21)29-34-20-26(31)30-14-7-5-8-15-30/h6,10-11,13,17-18,21H,4-5,7-9,12,14-16,19-20H2,1-3H3/b11-6+,13-10+,29-25-. The number of carbonyl (C=O) groups excluding carboxylic acids is 2. The third-order valence-electron chi connectivity index (χ3n) is 6.25. The van der Waals surface area contributed by atoms with E-state index in [0.717, 1.165) is 61.9 Å². The van der Waals surface area contributed by atoms with E-state index in [2.05, 4.69) is 30.3 Å². The smallest absolute Gasteiger partial charge is 0.338 e. The van der Waals surface area contributed by atoms with Gasteiger partial charge in [-0.05, 0) is 75.5 Å². The van der Waals surface area contributed by atoms with Crippen LogP contribution in [0.4, 0.5) is 0 Å². The molecule has 2 aliphatic rings. The second-order valence-corrected chi connectivity index (χ2v) is 9.41. The van der Waals surface area contributed by atoms with Gasteiger partial charge in [-0.1, -0.05) is 48.0 Å². The normalized spacial score (nSPS) is 23.3. The zero-order valence-electron chi connectivity index (χ0n) is 20.8. The Labute approximate surface area is 203 Å². The Balaban J connectivity index is 1.83. The number of fused-ring (bicyclic) bond motifs is 1. The molecule has 0 N–H and O–H groups in total. The average molecular weight is 467 g/mol. The number of carbonyl (C=O) groups is 2. The molecule has 6 nitrogen and oxygen atoms in total. The summed E-state index contributed by atoms with van der Waals surface area (Å²) >= 11 is 0. The van der Waals surface area contributed by atoms with E-state index in [4.69, 9.17) is 9.57 Å². The molecule has 1 saturated heterocycles. The zero-order chi connectivity index (χ0) is 24.3. The summed E-state index contributed by atoms with van der Waals surface area (Å²) in [7, 11) is 0. The summed E-state index contributed by atoms with van der Waals surface area (Å²) in [4.78, 5) is 32.8. The van der Waals surface area contributed by atoms with Gasteiger partial charge < -0.3 is 14.5 Å². The Kier molecular flexibility index (Phi) is 9.92. The number of ether oxygens (including phenoxy) is 1. The fraction of sp³-hybridized carbons (Fsp3) is 0.536. The molecule has 0 bridgehead atoms. The number of esters is 1. The van der Waals surface area contributed by atoms with Crippen LogP contribution in [0, 0.1) is 19.8 Å². The second kappa shape index (κ2) is 13.1. The van der Waals surface area contributed by atoms with Crippen LogP contribution >= 0.6 is 0 Å². The van der Waals surface area contributed by atoms with Crippen LogP contribution in [-0.4, -0.2) is 48.8 Å². The predicted molar refractivity (Wildman–Crippen MR) is 135 cm³/mol. The van der Waals surface area contributed by atoms with Crippen molar-refractivity contribution in [2.75, 3.05) is 26.3 Å². The molecule has 2 heterocycles. The van der Waals surface area contributed by atoms with E-state index in [0.29, 0.717) is 30.2 Å². The number of likely N-dealkylation sites (tertiary alicyclic amines) is 1. The van der Waals surface area contributed by atoms with E-state index in [9.17, 15) is 9.59 Å². The van der Waals surface area contributed by atoms with Crippen molar-refractivity contribution in [3.63, 3.8) is 0 Å². The highest BCUT2D eigenvalue weighted by Gasteiger charge is 2.19. The number of piperidine rings is 1. The van der Waals surface area contributed by atoms with Gasteiger partial charge in [0, 0.05) is 19.5 Å². The van der Waals surface area contributed by atoms with Gasteiger partial charge in [0.2, 0.25) is 0 Å². The highest BCUT2D eigenvalue weighted by atomic mass is 16.6. The maximum Gasteiger partial charge on any atom is 0.338 e. The molecule has 0 aromatic heterocycles. The number of benzene rings is 1. The van der Waals surface area contributed by atoms with E-state index < -0.39 is 0 Å². The molecule has 1 atom stereocenters. The van der Waals surface area contributed by atoms with Gasteiger partial charge in [0.15, 0.2) is 6.61 Å². The maximum atomic E-state index is 12.9. The van der Waals surface area contributed by atoms with Crippen LogP contribution in [0.3, 0.4) is 0 Å². The van der Waals surface area contributed by atoms with Crippen molar-refractivity contribution in [2.24, 2.45) is 11.1 Å². The van der Waals surface area contributed by atoms with Crippen LogP contribution in [0.25, 0.3) is 0 Å². The molecule has 0 radical (unpaired) electrons. The summed E-state index contributed by atoms with van der Waals surface area (Å²) in [5.74, 6) is 0.0624. The Bertz CT molecular complexity index is 942. The lowest BCUT2D eigenvalue weighted by Gasteiger charge is -2.26. The van der Waals surface area contributed by atoms with Crippen LogP contribution in [-0.2, 0) is 20.8 Å². The first-order valence-corrected chi connectivity index (χ1v) is 12.5. The summed E-state index contributed by atoms with van der Waals surface area (Å²) < 4.78 is 5.59. The van der Waals surface area contributed by atoms with E-state index >= 15 is 0 Å². The Morgan fingerprint density at radius 2 is 1.94 bits per heavy atom. The third kappa shape index (κ3) is 7.86. The Morgan fingerprint density at radius 1 is 1.15 bits per heavy atom. The molecule has 0 saturated carbocycles. The summed E-state index contributed by atoms with van der Waals surface area (Å²) in [6, 6.07) is 4.01. The highest BCUT2D eigenvalue weighted by Crippen LogP contribution is 2.21. The van der Waals surface area contributed by atoms with Crippen LogP contribution in [0.2, 0.25) is 0 Å². The fourth-order valence-electron chi connectivity index (χ4n) is 4.47. The van der Waals surface area contributed by atoms with Crippen molar-refractivity contribution in [1.82, 2.24) is 4.90 Å². The number of hydrogen-bond donors (Lipinski definition) is 0. The van der Waals surface area contributed by atoms with Crippen molar-refractivity contribution in [1.29, 1.82) is 0 Å². The van der Waals surface area contributed by atoms with Crippen LogP contribution in [0.1, 0.15) is 72.5 Å². The van der Waals surface area contributed by atoms with E-state index in [1.165, 1.54) is 6.42 Å². The maximum absolute atomic E-state index is 12.9. The second-order valence-electron chi connectivity index (χ2n) is 9.41. The largest absolute Gasteiger partial charge is 0.462 e. The number of aryl methyl sites for hydroxylation is 2. The molecule has 0 aliphatic carbocycles. The first-order chi connectivity index (χ1) is 16.4. The number of nitrogens with zero attached hydrogens (tertiary/aromatic N) is 2. The number of amides is 1. The van der Waals surface area contributed by atoms with Gasteiger partial charge in [0.25, 0.3) is 5.91 Å². The quantitative estimate of drug-likeness (QED) is 0.343. The topological polar surface area (TPSA) is 68.2 Å². The number of oxime groups is 1. The lowest BCUT2D eigenvalue weighted by atomic mass is 9.95. The monoisotopic (exact) mass is 466 g/mol. The Hall–Kier alpha value is -2.89. The summed E-state index contributed by atoms with van der Waals surface area (Å²) in [5.41, 5.74) is 4.09. The molecule has 2 aliphatic heterocycles. The molecule has 0 spiro atoms. The predicted octanol–water partition coefficient (Wildman–Crippen LogP) is 5.32. The minimum atomic E-state index is -0.302. The molecule has 3 rings (SSSR count). The summed E-state index contributed by atoms with van der Waals surface area (Å²) in [5, 5.41) is 4.33. The zero-order valence-corrected chi connectivity index (χ0v) is 20.8. The van der Waals surface area contributed by atoms with Gasteiger partial charge in [0.05, 0.1) is 17.9 Å². The molecule has 6 heteroatoms. The first-order valence-electron chi connectivity index (χ1n) is 12.5. The van der Waals surface area contributed by atoms with Gasteiger partial charge in [-0.3, -0.25) is 4.79 Å². The SMILES string of the molecule is Cc1cc(C)c2c(c1)CC(=N\OCC(=O)N1CCCCC1)/C=C/CC(C)/C=C/CCCOC2=O. The van der Waals surface area contributed by atoms with Crippen LogP contribution in [0.15, 0.2) is 41.6 Å². The first kappa shape index (κ1) is 25.7. The van der Waals surface area contributed by atoms with Gasteiger partial charge in [-0.2, -0.15) is 0 Å². The minimum Gasteiger partial charge on any atom is -0.462 e. The van der Waals surface area contributed by atoms with Crippen molar-refractivity contribution < 1.29 is 19.2 Å². The molecule has 1 amide bonds. The molecule has 34 heavy (non-hydrogen) atoms. The van der Waals surface area contributed by atoms with Crippen LogP contribution < -0.4 is 0 Å². The van der Waals surface area contributed by atoms with Gasteiger partial charge in [-0.15, -0.1) is 0 Å².